The van der Waals surface area contributed by atoms with Gasteiger partial charge >= 0.3 is 0 Å². The predicted octanol–water partition coefficient (Wildman–Crippen LogP) is 4.52. The van der Waals surface area contributed by atoms with Gasteiger partial charge in [0.25, 0.3) is 5.91 Å². The first-order chi connectivity index (χ1) is 12.0. The summed E-state index contributed by atoms with van der Waals surface area (Å²) >= 11 is 7.70. The SMILES string of the molecule is CCNC(=O)c1cccc(NC(=O)CSC(C)c2ccccc2Cl)c1. The summed E-state index contributed by atoms with van der Waals surface area (Å²) < 4.78 is 0. The quantitative estimate of drug-likeness (QED) is 0.746. The molecule has 2 rings (SSSR count). The molecule has 1 atom stereocenters. The van der Waals surface area contributed by atoms with Gasteiger partial charge in [-0.05, 0) is 43.7 Å². The number of carbonyl (C=O) groups is 2. The van der Waals surface area contributed by atoms with Crippen molar-refractivity contribution in [3.05, 3.63) is 64.7 Å². The molecule has 0 spiro atoms. The Hall–Kier alpha value is -1.98. The van der Waals surface area contributed by atoms with Gasteiger partial charge in [-0.25, -0.2) is 0 Å². The van der Waals surface area contributed by atoms with Gasteiger partial charge in [-0.1, -0.05) is 35.9 Å². The summed E-state index contributed by atoms with van der Waals surface area (Å²) in [7, 11) is 0. The Kier molecular flexibility index (Phi) is 7.34. The molecule has 0 aliphatic carbocycles. The van der Waals surface area contributed by atoms with E-state index in [0.29, 0.717) is 28.6 Å². The second-order valence-corrected chi connectivity index (χ2v) is 7.20. The van der Waals surface area contributed by atoms with E-state index in [2.05, 4.69) is 10.6 Å². The number of benzene rings is 2. The highest BCUT2D eigenvalue weighted by Crippen LogP contribution is 2.32. The lowest BCUT2D eigenvalue weighted by Crippen LogP contribution is -2.23. The minimum absolute atomic E-state index is 0.112. The largest absolute Gasteiger partial charge is 0.352 e. The van der Waals surface area contributed by atoms with E-state index in [4.69, 9.17) is 11.6 Å². The first kappa shape index (κ1) is 19.3. The summed E-state index contributed by atoms with van der Waals surface area (Å²) in [5, 5.41) is 6.38. The van der Waals surface area contributed by atoms with Crippen LogP contribution in [-0.2, 0) is 4.79 Å². The predicted molar refractivity (Wildman–Crippen MR) is 105 cm³/mol. The summed E-state index contributed by atoms with van der Waals surface area (Å²) in [5.41, 5.74) is 2.15. The zero-order valence-corrected chi connectivity index (χ0v) is 15.8. The number of hydrogen-bond donors (Lipinski definition) is 2. The van der Waals surface area contributed by atoms with Crippen LogP contribution in [-0.4, -0.2) is 24.1 Å². The van der Waals surface area contributed by atoms with Crippen molar-refractivity contribution >= 4 is 40.9 Å². The molecule has 0 fully saturated rings. The van der Waals surface area contributed by atoms with E-state index in [1.807, 2.05) is 38.1 Å². The minimum atomic E-state index is -0.152. The molecule has 0 aromatic heterocycles. The topological polar surface area (TPSA) is 58.2 Å². The second-order valence-electron chi connectivity index (χ2n) is 5.46. The molecule has 0 radical (unpaired) electrons. The van der Waals surface area contributed by atoms with Gasteiger partial charge in [-0.2, -0.15) is 0 Å². The molecule has 0 aliphatic rings. The standard InChI is InChI=1S/C19H21ClN2O2S/c1-3-21-19(24)14-7-6-8-15(11-14)22-18(23)12-25-13(2)16-9-4-5-10-17(16)20/h4-11,13H,3,12H2,1-2H3,(H,21,24)(H,22,23). The highest BCUT2D eigenvalue weighted by Gasteiger charge is 2.12. The highest BCUT2D eigenvalue weighted by atomic mass is 35.5. The Bertz CT molecular complexity index is 752. The molecule has 2 aromatic rings. The van der Waals surface area contributed by atoms with Crippen molar-refractivity contribution in [1.29, 1.82) is 0 Å². The van der Waals surface area contributed by atoms with Crippen LogP contribution in [0.2, 0.25) is 5.02 Å². The molecule has 0 aliphatic heterocycles. The number of rotatable bonds is 7. The summed E-state index contributed by atoms with van der Waals surface area (Å²) in [6, 6.07) is 14.5. The lowest BCUT2D eigenvalue weighted by molar-refractivity contribution is -0.113. The Morgan fingerprint density at radius 1 is 1.16 bits per heavy atom. The molecule has 0 bridgehead atoms. The molecule has 25 heavy (non-hydrogen) atoms. The van der Waals surface area contributed by atoms with Crippen LogP contribution in [0.3, 0.4) is 0 Å². The van der Waals surface area contributed by atoms with E-state index in [-0.39, 0.29) is 17.1 Å². The molecule has 1 unspecified atom stereocenters. The van der Waals surface area contributed by atoms with Crippen molar-refractivity contribution in [2.24, 2.45) is 0 Å². The Morgan fingerprint density at radius 2 is 1.92 bits per heavy atom. The summed E-state index contributed by atoms with van der Waals surface area (Å²) in [6.07, 6.45) is 0. The van der Waals surface area contributed by atoms with Crippen LogP contribution in [0.5, 0.6) is 0 Å². The van der Waals surface area contributed by atoms with Crippen molar-refractivity contribution in [3.8, 4) is 0 Å². The molecule has 0 saturated carbocycles. The summed E-state index contributed by atoms with van der Waals surface area (Å²) in [5.74, 6) is 0.0369. The zero-order chi connectivity index (χ0) is 18.2. The van der Waals surface area contributed by atoms with Crippen LogP contribution in [0.25, 0.3) is 0 Å². The van der Waals surface area contributed by atoms with Crippen LogP contribution in [0.1, 0.15) is 35.0 Å². The maximum atomic E-state index is 12.2. The van der Waals surface area contributed by atoms with Crippen LogP contribution in [0.15, 0.2) is 48.5 Å². The fourth-order valence-electron chi connectivity index (χ4n) is 2.29. The third kappa shape index (κ3) is 5.80. The van der Waals surface area contributed by atoms with E-state index in [1.165, 1.54) is 11.8 Å². The van der Waals surface area contributed by atoms with Crippen molar-refractivity contribution in [3.63, 3.8) is 0 Å². The van der Waals surface area contributed by atoms with Crippen LogP contribution >= 0.6 is 23.4 Å². The van der Waals surface area contributed by atoms with Gasteiger partial charge in [-0.3, -0.25) is 9.59 Å². The van der Waals surface area contributed by atoms with E-state index < -0.39 is 0 Å². The van der Waals surface area contributed by atoms with E-state index in [1.54, 1.807) is 24.3 Å². The number of carbonyl (C=O) groups excluding carboxylic acids is 2. The monoisotopic (exact) mass is 376 g/mol. The fraction of sp³-hybridized carbons (Fsp3) is 0.263. The molecule has 6 heteroatoms. The van der Waals surface area contributed by atoms with Gasteiger partial charge in [0.15, 0.2) is 0 Å². The Morgan fingerprint density at radius 3 is 2.64 bits per heavy atom. The van der Waals surface area contributed by atoms with E-state index in [0.717, 1.165) is 5.56 Å². The maximum absolute atomic E-state index is 12.2. The van der Waals surface area contributed by atoms with Gasteiger partial charge in [0.1, 0.15) is 0 Å². The lowest BCUT2D eigenvalue weighted by atomic mass is 10.2. The van der Waals surface area contributed by atoms with Gasteiger partial charge in [0, 0.05) is 28.1 Å². The zero-order valence-electron chi connectivity index (χ0n) is 14.2. The third-order valence-corrected chi connectivity index (χ3v) is 5.08. The van der Waals surface area contributed by atoms with Crippen LogP contribution in [0.4, 0.5) is 5.69 Å². The third-order valence-electron chi connectivity index (χ3n) is 3.55. The van der Waals surface area contributed by atoms with Crippen LogP contribution < -0.4 is 10.6 Å². The second kappa shape index (κ2) is 9.49. The molecular weight excluding hydrogens is 356 g/mol. The van der Waals surface area contributed by atoms with Gasteiger partial charge in [0.05, 0.1) is 5.75 Å². The van der Waals surface area contributed by atoms with Gasteiger partial charge in [-0.15, -0.1) is 11.8 Å². The minimum Gasteiger partial charge on any atom is -0.352 e. The van der Waals surface area contributed by atoms with Gasteiger partial charge < -0.3 is 10.6 Å². The number of thioether (sulfide) groups is 1. The Labute approximate surface area is 157 Å². The fourth-order valence-corrected chi connectivity index (χ4v) is 3.52. The van der Waals surface area contributed by atoms with E-state index >= 15 is 0 Å². The molecule has 2 aromatic carbocycles. The number of halogens is 1. The van der Waals surface area contributed by atoms with Crippen LogP contribution in [0, 0.1) is 0 Å². The molecule has 2 N–H and O–H groups in total. The molecule has 2 amide bonds. The summed E-state index contributed by atoms with van der Waals surface area (Å²) in [4.78, 5) is 24.0. The normalized spacial score (nSPS) is 11.6. The molecule has 132 valence electrons. The number of anilines is 1. The molecule has 0 heterocycles. The smallest absolute Gasteiger partial charge is 0.251 e. The number of hydrogen-bond acceptors (Lipinski definition) is 3. The number of nitrogens with one attached hydrogen (secondary N) is 2. The van der Waals surface area contributed by atoms with Crippen molar-refractivity contribution in [2.45, 2.75) is 19.1 Å². The molecular formula is C19H21ClN2O2S. The average Bonchev–Trinajstić information content (AvgIpc) is 2.60. The lowest BCUT2D eigenvalue weighted by Gasteiger charge is -2.13. The van der Waals surface area contributed by atoms with Crippen molar-refractivity contribution in [2.75, 3.05) is 17.6 Å². The molecule has 0 saturated heterocycles. The maximum Gasteiger partial charge on any atom is 0.251 e. The first-order valence-corrected chi connectivity index (χ1v) is 9.48. The van der Waals surface area contributed by atoms with Gasteiger partial charge in [0.2, 0.25) is 5.91 Å². The average molecular weight is 377 g/mol. The van der Waals surface area contributed by atoms with Crippen molar-refractivity contribution < 1.29 is 9.59 Å². The first-order valence-electron chi connectivity index (χ1n) is 8.05. The Balaban J connectivity index is 1.91. The molecule has 4 nitrogen and oxygen atoms in total. The highest BCUT2D eigenvalue weighted by molar-refractivity contribution is 8.00. The van der Waals surface area contributed by atoms with Crippen molar-refractivity contribution in [1.82, 2.24) is 5.32 Å². The number of amides is 2. The van der Waals surface area contributed by atoms with E-state index in [9.17, 15) is 9.59 Å². The summed E-state index contributed by atoms with van der Waals surface area (Å²) in [6.45, 7) is 4.45.